The van der Waals surface area contributed by atoms with E-state index in [2.05, 4.69) is 30.6 Å². The molecule has 0 aliphatic carbocycles. The lowest BCUT2D eigenvalue weighted by molar-refractivity contribution is 0.0695. The molecule has 1 aliphatic rings. The van der Waals surface area contributed by atoms with Gasteiger partial charge in [0.25, 0.3) is 17.7 Å². The standard InChI is InChI=1S/C27H30N4O2.C21H19N3O3/c1-19-7-9-22(10-8-19)23-13-24(26(32)30-18-21-16-28-20(2)29-17-21)15-25(14-23)27(33)31-11-5-3-4-6-12-31;1-13-3-5-16(6-4-13)17-7-18(9-19(8-17)21(26)27)20(25)24-12-15-10-22-14(2)23-11-15/h7-10,13-17H,3-6,11-12,18H2,1-2H3,(H,30,32);3-11H,12H2,1-2H3,(H,24,25)(H,26,27). The van der Waals surface area contributed by atoms with Crippen molar-refractivity contribution in [1.29, 1.82) is 0 Å². The molecule has 6 aromatic rings. The average Bonchev–Trinajstić information content (AvgIpc) is 3.56. The summed E-state index contributed by atoms with van der Waals surface area (Å²) in [4.78, 5) is 68.9. The topological polar surface area (TPSA) is 167 Å². The summed E-state index contributed by atoms with van der Waals surface area (Å²) in [6.45, 7) is 9.74. The number of carboxylic acids is 1. The number of hydrogen-bond acceptors (Lipinski definition) is 8. The fraction of sp³-hybridized carbons (Fsp3) is 0.250. The molecule has 0 bridgehead atoms. The zero-order valence-corrected chi connectivity index (χ0v) is 34.4. The van der Waals surface area contributed by atoms with Gasteiger partial charge in [0.05, 0.1) is 5.56 Å². The van der Waals surface area contributed by atoms with E-state index < -0.39 is 5.97 Å². The highest BCUT2D eigenvalue weighted by Gasteiger charge is 2.21. The summed E-state index contributed by atoms with van der Waals surface area (Å²) >= 11 is 0. The zero-order valence-electron chi connectivity index (χ0n) is 34.4. The van der Waals surface area contributed by atoms with Crippen LogP contribution in [0.25, 0.3) is 22.3 Å². The summed E-state index contributed by atoms with van der Waals surface area (Å²) in [5.74, 6) is -0.326. The Morgan fingerprint density at radius 3 is 1.32 bits per heavy atom. The molecule has 0 radical (unpaired) electrons. The predicted octanol–water partition coefficient (Wildman–Crippen LogP) is 8.10. The van der Waals surface area contributed by atoms with E-state index in [1.165, 1.54) is 6.07 Å². The third kappa shape index (κ3) is 11.8. The molecule has 60 heavy (non-hydrogen) atoms. The fourth-order valence-electron chi connectivity index (χ4n) is 6.64. The summed E-state index contributed by atoms with van der Waals surface area (Å²) in [6.07, 6.45) is 11.1. The van der Waals surface area contributed by atoms with Gasteiger partial charge in [-0.05, 0) is 99.2 Å². The van der Waals surface area contributed by atoms with Gasteiger partial charge in [-0.25, -0.2) is 24.7 Å². The van der Waals surface area contributed by atoms with E-state index in [9.17, 15) is 24.3 Å². The van der Waals surface area contributed by atoms with Crippen molar-refractivity contribution in [3.8, 4) is 22.3 Å². The molecular formula is C48H49N7O5. The normalized spacial score (nSPS) is 12.4. The molecule has 3 amide bonds. The minimum Gasteiger partial charge on any atom is -0.478 e. The van der Waals surface area contributed by atoms with Gasteiger partial charge in [-0.15, -0.1) is 0 Å². The van der Waals surface area contributed by atoms with Crippen molar-refractivity contribution < 1.29 is 24.3 Å². The molecule has 306 valence electrons. The summed E-state index contributed by atoms with van der Waals surface area (Å²) in [6, 6.07) is 25.9. The van der Waals surface area contributed by atoms with Crippen molar-refractivity contribution in [3.63, 3.8) is 0 Å². The molecule has 1 saturated heterocycles. The Labute approximate surface area is 350 Å². The number of aromatic nitrogens is 4. The number of amides is 3. The van der Waals surface area contributed by atoms with E-state index in [0.29, 0.717) is 40.4 Å². The molecular weight excluding hydrogens is 755 g/mol. The molecule has 12 heteroatoms. The average molecular weight is 804 g/mol. The lowest BCUT2D eigenvalue weighted by Gasteiger charge is -2.21. The molecule has 1 aliphatic heterocycles. The molecule has 3 N–H and O–H groups in total. The van der Waals surface area contributed by atoms with Gasteiger partial charge in [0.15, 0.2) is 0 Å². The number of nitrogens with one attached hydrogen (secondary N) is 2. The van der Waals surface area contributed by atoms with Crippen molar-refractivity contribution in [2.75, 3.05) is 13.1 Å². The molecule has 0 saturated carbocycles. The van der Waals surface area contributed by atoms with Crippen molar-refractivity contribution in [3.05, 3.63) is 166 Å². The van der Waals surface area contributed by atoms with Gasteiger partial charge in [-0.1, -0.05) is 72.5 Å². The SMILES string of the molecule is Cc1ccc(-c2cc(C(=O)NCc3cnc(C)nc3)cc(C(=O)N3CCCCCC3)c2)cc1.Cc1ccc(-c2cc(C(=O)O)cc(C(=O)NCc3cnc(C)nc3)c2)cc1. The number of likely N-dealkylation sites (tertiary alicyclic amines) is 1. The van der Waals surface area contributed by atoms with Crippen molar-refractivity contribution in [2.45, 2.75) is 66.5 Å². The van der Waals surface area contributed by atoms with E-state index in [0.717, 1.165) is 77.7 Å². The van der Waals surface area contributed by atoms with Crippen LogP contribution in [0.15, 0.2) is 110 Å². The number of benzene rings is 4. The first-order valence-corrected chi connectivity index (χ1v) is 20.0. The second-order valence-corrected chi connectivity index (χ2v) is 15.0. The summed E-state index contributed by atoms with van der Waals surface area (Å²) in [7, 11) is 0. The molecule has 1 fully saturated rings. The zero-order chi connectivity index (χ0) is 42.6. The number of aryl methyl sites for hydroxylation is 4. The van der Waals surface area contributed by atoms with Crippen LogP contribution in [0.5, 0.6) is 0 Å². The van der Waals surface area contributed by atoms with E-state index in [1.807, 2.05) is 86.3 Å². The number of nitrogens with zero attached hydrogens (tertiary/aromatic N) is 5. The molecule has 0 unspecified atom stereocenters. The van der Waals surface area contributed by atoms with Gasteiger partial charge in [0.1, 0.15) is 11.6 Å². The van der Waals surface area contributed by atoms with E-state index in [1.54, 1.807) is 49.9 Å². The first kappa shape index (κ1) is 42.5. The lowest BCUT2D eigenvalue weighted by atomic mass is 9.98. The first-order valence-electron chi connectivity index (χ1n) is 20.0. The molecule has 2 aromatic heterocycles. The predicted molar refractivity (Wildman–Crippen MR) is 230 cm³/mol. The van der Waals surface area contributed by atoms with E-state index in [4.69, 9.17) is 0 Å². The minimum absolute atomic E-state index is 0.00755. The maximum atomic E-state index is 13.4. The Morgan fingerprint density at radius 1 is 0.517 bits per heavy atom. The van der Waals surface area contributed by atoms with Crippen LogP contribution in [-0.2, 0) is 13.1 Å². The highest BCUT2D eigenvalue weighted by atomic mass is 16.4. The van der Waals surface area contributed by atoms with Gasteiger partial charge in [0.2, 0.25) is 0 Å². The fourth-order valence-corrected chi connectivity index (χ4v) is 6.64. The Kier molecular flexibility index (Phi) is 14.2. The molecule has 3 heterocycles. The maximum Gasteiger partial charge on any atom is 0.335 e. The molecule has 12 nitrogen and oxygen atoms in total. The molecule has 4 aromatic carbocycles. The number of hydrogen-bond donors (Lipinski definition) is 3. The monoisotopic (exact) mass is 803 g/mol. The first-order chi connectivity index (χ1) is 28.9. The second-order valence-electron chi connectivity index (χ2n) is 15.0. The second kappa shape index (κ2) is 20.1. The van der Waals surface area contributed by atoms with Crippen LogP contribution in [0.3, 0.4) is 0 Å². The molecule has 0 spiro atoms. The highest BCUT2D eigenvalue weighted by Crippen LogP contribution is 2.26. The quantitative estimate of drug-likeness (QED) is 0.124. The van der Waals surface area contributed by atoms with Gasteiger partial charge in [0, 0.05) is 78.8 Å². The van der Waals surface area contributed by atoms with Gasteiger partial charge in [-0.2, -0.15) is 0 Å². The van der Waals surface area contributed by atoms with Crippen LogP contribution in [0.1, 0.15) is 101 Å². The van der Waals surface area contributed by atoms with E-state index >= 15 is 0 Å². The third-order valence-corrected chi connectivity index (χ3v) is 10.1. The number of carboxylic acid groups (broad SMARTS) is 1. The Balaban J connectivity index is 0.000000205. The van der Waals surface area contributed by atoms with Gasteiger partial charge >= 0.3 is 5.97 Å². The van der Waals surface area contributed by atoms with Crippen molar-refractivity contribution >= 4 is 23.7 Å². The minimum atomic E-state index is -1.08. The van der Waals surface area contributed by atoms with Gasteiger partial charge < -0.3 is 20.6 Å². The van der Waals surface area contributed by atoms with E-state index in [-0.39, 0.29) is 29.8 Å². The summed E-state index contributed by atoms with van der Waals surface area (Å²) in [5, 5.41) is 15.1. The molecule has 0 atom stereocenters. The van der Waals surface area contributed by atoms with Crippen molar-refractivity contribution in [2.24, 2.45) is 0 Å². The smallest absolute Gasteiger partial charge is 0.335 e. The van der Waals surface area contributed by atoms with Crippen LogP contribution in [0.4, 0.5) is 0 Å². The van der Waals surface area contributed by atoms with Crippen LogP contribution < -0.4 is 10.6 Å². The number of rotatable bonds is 10. The number of carbonyl (C=O) groups is 4. The van der Waals surface area contributed by atoms with Crippen LogP contribution in [-0.4, -0.2) is 66.7 Å². The third-order valence-electron chi connectivity index (χ3n) is 10.1. The summed E-state index contributed by atoms with van der Waals surface area (Å²) < 4.78 is 0. The maximum absolute atomic E-state index is 13.4. The number of aromatic carboxylic acids is 1. The molecule has 7 rings (SSSR count). The number of carbonyl (C=O) groups excluding carboxylic acids is 3. The van der Waals surface area contributed by atoms with Crippen LogP contribution >= 0.6 is 0 Å². The highest BCUT2D eigenvalue weighted by molar-refractivity contribution is 6.02. The largest absolute Gasteiger partial charge is 0.478 e. The summed E-state index contributed by atoms with van der Waals surface area (Å²) in [5.41, 5.74) is 8.61. The Bertz CT molecular complexity index is 2440. The van der Waals surface area contributed by atoms with Crippen molar-refractivity contribution in [1.82, 2.24) is 35.5 Å². The lowest BCUT2D eigenvalue weighted by Crippen LogP contribution is -2.32. The van der Waals surface area contributed by atoms with Crippen LogP contribution in [0.2, 0.25) is 0 Å². The van der Waals surface area contributed by atoms with Crippen LogP contribution in [0, 0.1) is 27.7 Å². The Morgan fingerprint density at radius 2 is 0.900 bits per heavy atom. The van der Waals surface area contributed by atoms with Gasteiger partial charge in [-0.3, -0.25) is 14.4 Å². The Hall–Kier alpha value is -7.08.